The molecule has 0 bridgehead atoms. The third-order valence-corrected chi connectivity index (χ3v) is 2.57. The molecule has 1 heterocycles. The van der Waals surface area contributed by atoms with Crippen molar-refractivity contribution in [1.82, 2.24) is 5.16 Å². The second kappa shape index (κ2) is 5.15. The molecule has 0 aromatic carbocycles. The molecule has 0 aliphatic heterocycles. The maximum Gasteiger partial charge on any atom is 0.163 e. The Balaban J connectivity index is 0.000000255. The van der Waals surface area contributed by atoms with E-state index in [0.29, 0.717) is 0 Å². The summed E-state index contributed by atoms with van der Waals surface area (Å²) in [5, 5.41) is 5.14. The lowest BCUT2D eigenvalue weighted by Crippen LogP contribution is -2.24. The summed E-state index contributed by atoms with van der Waals surface area (Å²) in [6, 6.07) is 0. The molecule has 2 nitrogen and oxygen atoms in total. The number of rotatable bonds is 0. The van der Waals surface area contributed by atoms with E-state index in [-0.39, 0.29) is 0 Å². The van der Waals surface area contributed by atoms with Gasteiger partial charge in [-0.1, -0.05) is 38.9 Å². The second-order valence-corrected chi connectivity index (χ2v) is 3.44. The quantitative estimate of drug-likeness (QED) is 0.652. The summed E-state index contributed by atoms with van der Waals surface area (Å²) in [6.07, 6.45) is 5.81. The van der Waals surface area contributed by atoms with Crippen molar-refractivity contribution in [2.75, 3.05) is 0 Å². The van der Waals surface area contributed by atoms with Crippen LogP contribution in [0.2, 0.25) is 0 Å². The van der Waals surface area contributed by atoms with Crippen molar-refractivity contribution in [3.63, 3.8) is 0 Å². The van der Waals surface area contributed by atoms with Crippen LogP contribution in [0.5, 0.6) is 0 Å². The van der Waals surface area contributed by atoms with Gasteiger partial charge in [-0.25, -0.2) is 0 Å². The van der Waals surface area contributed by atoms with Crippen molar-refractivity contribution in [2.24, 2.45) is 11.8 Å². The van der Waals surface area contributed by atoms with Crippen LogP contribution in [-0.2, 0) is 0 Å². The van der Waals surface area contributed by atoms with Crippen molar-refractivity contribution < 1.29 is 4.52 Å². The van der Waals surface area contributed by atoms with Crippen LogP contribution in [0, 0.1) is 18.8 Å². The van der Waals surface area contributed by atoms with Gasteiger partial charge < -0.3 is 4.52 Å². The van der Waals surface area contributed by atoms with Gasteiger partial charge in [-0.2, -0.15) is 0 Å². The highest BCUT2D eigenvalue weighted by atomic mass is 16.5. The topological polar surface area (TPSA) is 26.0 Å². The van der Waals surface area contributed by atoms with Crippen LogP contribution in [0.1, 0.15) is 39.8 Å². The lowest BCUT2D eigenvalue weighted by molar-refractivity contribution is 0.388. The van der Waals surface area contributed by atoms with Crippen LogP contribution in [0.25, 0.3) is 12.2 Å². The molecular formula is C13H21NO. The van der Waals surface area contributed by atoms with E-state index in [1.807, 2.05) is 34.6 Å². The predicted molar refractivity (Wildman–Crippen MR) is 63.7 cm³/mol. The molecule has 1 aromatic heterocycles. The first-order chi connectivity index (χ1) is 7.34. The minimum absolute atomic E-state index is 0.759. The first kappa shape index (κ1) is 12.0. The molecule has 2 atom stereocenters. The van der Waals surface area contributed by atoms with Gasteiger partial charge in [0.2, 0.25) is 0 Å². The molecule has 84 valence electrons. The van der Waals surface area contributed by atoms with E-state index in [1.54, 1.807) is 0 Å². The van der Waals surface area contributed by atoms with Gasteiger partial charge in [0.15, 0.2) is 5.42 Å². The Hall–Kier alpha value is -1.05. The number of aryl methyl sites for hydroxylation is 1. The van der Waals surface area contributed by atoms with E-state index in [2.05, 4.69) is 17.3 Å². The van der Waals surface area contributed by atoms with Gasteiger partial charge in [-0.05, 0) is 31.3 Å². The van der Waals surface area contributed by atoms with Gasteiger partial charge in [0.1, 0.15) is 0 Å². The van der Waals surface area contributed by atoms with Crippen molar-refractivity contribution in [3.05, 3.63) is 16.3 Å². The average molecular weight is 207 g/mol. The Kier molecular flexibility index (Phi) is 4.13. The summed E-state index contributed by atoms with van der Waals surface area (Å²) in [7, 11) is 0. The number of aromatic nitrogens is 1. The summed E-state index contributed by atoms with van der Waals surface area (Å²) < 4.78 is 5.15. The first-order valence-electron chi connectivity index (χ1n) is 6.00. The molecule has 2 unspecified atom stereocenters. The van der Waals surface area contributed by atoms with E-state index in [4.69, 9.17) is 4.52 Å². The third kappa shape index (κ3) is 2.31. The fourth-order valence-electron chi connectivity index (χ4n) is 1.74. The third-order valence-electron chi connectivity index (χ3n) is 2.57. The summed E-state index contributed by atoms with van der Waals surface area (Å²) in [5.74, 6) is 1.55. The smallest absolute Gasteiger partial charge is 0.163 e. The van der Waals surface area contributed by atoms with E-state index in [0.717, 1.165) is 22.9 Å². The van der Waals surface area contributed by atoms with E-state index in [9.17, 15) is 0 Å². The maximum absolute atomic E-state index is 5.15. The van der Waals surface area contributed by atoms with Crippen LogP contribution in [0.4, 0.5) is 0 Å². The fourth-order valence-corrected chi connectivity index (χ4v) is 1.74. The summed E-state index contributed by atoms with van der Waals surface area (Å²) >= 11 is 0. The van der Waals surface area contributed by atoms with Gasteiger partial charge in [0.05, 0.1) is 5.69 Å². The molecule has 0 saturated heterocycles. The molecule has 0 radical (unpaired) electrons. The molecule has 0 amide bonds. The van der Waals surface area contributed by atoms with Crippen molar-refractivity contribution >= 4 is 12.2 Å². The van der Waals surface area contributed by atoms with Gasteiger partial charge in [-0.3, -0.25) is 0 Å². The largest absolute Gasteiger partial charge is 0.356 e. The first-order valence-corrected chi connectivity index (χ1v) is 6.00. The van der Waals surface area contributed by atoms with Crippen LogP contribution in [0.15, 0.2) is 4.52 Å². The Morgan fingerprint density at radius 3 is 2.40 bits per heavy atom. The summed E-state index contributed by atoms with van der Waals surface area (Å²) in [4.78, 5) is 0. The number of hydrogen-bond donors (Lipinski definition) is 0. The molecule has 1 fully saturated rings. The minimum atomic E-state index is 0.759. The zero-order valence-corrected chi connectivity index (χ0v) is 10.4. The molecule has 0 N–H and O–H groups in total. The zero-order chi connectivity index (χ0) is 11.4. The lowest BCUT2D eigenvalue weighted by Gasteiger charge is -1.89. The second-order valence-electron chi connectivity index (χ2n) is 3.44. The monoisotopic (exact) mass is 207 g/mol. The van der Waals surface area contributed by atoms with Gasteiger partial charge >= 0.3 is 0 Å². The molecule has 2 aliphatic rings. The summed E-state index contributed by atoms with van der Waals surface area (Å²) in [5.41, 5.74) is 2.02. The minimum Gasteiger partial charge on any atom is -0.356 e. The highest BCUT2D eigenvalue weighted by molar-refractivity contribution is 5.47. The predicted octanol–water partition coefficient (Wildman–Crippen LogP) is 2.25. The van der Waals surface area contributed by atoms with Crippen molar-refractivity contribution in [2.45, 2.75) is 41.0 Å². The lowest BCUT2D eigenvalue weighted by atomic mass is 10.1. The summed E-state index contributed by atoms with van der Waals surface area (Å²) in [6.45, 7) is 10.00. The Bertz CT molecular complexity index is 416. The Morgan fingerprint density at radius 2 is 1.73 bits per heavy atom. The fraction of sp³-hybridized carbons (Fsp3) is 0.615. The standard InChI is InChI=1S/C9H9NO.2C2H6/c1-5-8-3-6-2-7(6)4-9(8)11-10-5;2*1-2/h3-4,6-7H,2H2,1H3;2*1-2H3. The molecule has 2 aliphatic carbocycles. The van der Waals surface area contributed by atoms with Crippen molar-refractivity contribution in [1.29, 1.82) is 0 Å². The van der Waals surface area contributed by atoms with Crippen LogP contribution >= 0.6 is 0 Å². The number of fused-ring (bicyclic) bond motifs is 2. The number of hydrogen-bond acceptors (Lipinski definition) is 2. The molecule has 3 rings (SSSR count). The van der Waals surface area contributed by atoms with Gasteiger partial charge in [0, 0.05) is 5.22 Å². The van der Waals surface area contributed by atoms with Crippen LogP contribution in [-0.4, -0.2) is 5.16 Å². The molecule has 2 heteroatoms. The molecule has 1 aromatic rings. The van der Waals surface area contributed by atoms with E-state index in [1.165, 1.54) is 11.6 Å². The van der Waals surface area contributed by atoms with Gasteiger partial charge in [0.25, 0.3) is 0 Å². The maximum atomic E-state index is 5.15. The van der Waals surface area contributed by atoms with Crippen LogP contribution < -0.4 is 10.6 Å². The average Bonchev–Trinajstić information content (AvgIpc) is 2.99. The molecular weight excluding hydrogens is 186 g/mol. The van der Waals surface area contributed by atoms with Gasteiger partial charge in [-0.15, -0.1) is 0 Å². The highest BCUT2D eigenvalue weighted by Crippen LogP contribution is 2.41. The molecule has 15 heavy (non-hydrogen) atoms. The van der Waals surface area contributed by atoms with Crippen LogP contribution in [0.3, 0.4) is 0 Å². The molecule has 1 saturated carbocycles. The Morgan fingerprint density at radius 1 is 1.13 bits per heavy atom. The number of nitrogens with zero attached hydrogens (tertiary/aromatic N) is 1. The zero-order valence-electron chi connectivity index (χ0n) is 10.4. The Labute approximate surface area is 91.7 Å². The van der Waals surface area contributed by atoms with E-state index < -0.39 is 0 Å². The highest BCUT2D eigenvalue weighted by Gasteiger charge is 2.35. The van der Waals surface area contributed by atoms with Crippen molar-refractivity contribution in [3.8, 4) is 0 Å². The van der Waals surface area contributed by atoms with E-state index >= 15 is 0 Å². The SMILES string of the molecule is CC.CC.Cc1noc2c1=CC1CC1C=2. The molecule has 0 spiro atoms. The normalized spacial score (nSPS) is 23.8.